The summed E-state index contributed by atoms with van der Waals surface area (Å²) >= 11 is 0. The van der Waals surface area contributed by atoms with Gasteiger partial charge in [0.15, 0.2) is 5.65 Å². The van der Waals surface area contributed by atoms with Crippen LogP contribution in [0.5, 0.6) is 0 Å². The minimum Gasteiger partial charge on any atom is -0.338 e. The van der Waals surface area contributed by atoms with Gasteiger partial charge in [0.25, 0.3) is 0 Å². The smallest absolute Gasteiger partial charge is 0.338 e. The second kappa shape index (κ2) is 8.40. The SMILES string of the molecule is CC[C@@H]1CCCCN1C(=O)Cn1nc2cc(C)nc(-c3ccc(C(F)(F)F)cc3)n2c1=O. The molecule has 4 rings (SSSR count). The number of hydrogen-bond donors (Lipinski definition) is 0. The molecule has 3 aromatic rings. The third kappa shape index (κ3) is 4.13. The van der Waals surface area contributed by atoms with Crippen LogP contribution in [-0.2, 0) is 17.5 Å². The summed E-state index contributed by atoms with van der Waals surface area (Å²) in [6, 6.07) is 6.22. The van der Waals surface area contributed by atoms with E-state index >= 15 is 0 Å². The Kier molecular flexibility index (Phi) is 5.79. The highest BCUT2D eigenvalue weighted by Gasteiger charge is 2.30. The van der Waals surface area contributed by atoms with Crippen molar-refractivity contribution < 1.29 is 18.0 Å². The normalized spacial score (nSPS) is 17.2. The van der Waals surface area contributed by atoms with Crippen LogP contribution in [0.25, 0.3) is 17.0 Å². The van der Waals surface area contributed by atoms with Crippen molar-refractivity contribution in [2.24, 2.45) is 0 Å². The molecule has 1 aliphatic rings. The maximum absolute atomic E-state index is 13.1. The molecule has 3 heterocycles. The Labute approximate surface area is 182 Å². The number of piperidine rings is 1. The fourth-order valence-corrected chi connectivity index (χ4v) is 4.23. The van der Waals surface area contributed by atoms with Gasteiger partial charge in [0.2, 0.25) is 5.91 Å². The van der Waals surface area contributed by atoms with E-state index in [4.69, 9.17) is 0 Å². The van der Waals surface area contributed by atoms with Crippen LogP contribution in [0.15, 0.2) is 35.1 Å². The fraction of sp³-hybridized carbons (Fsp3) is 0.455. The van der Waals surface area contributed by atoms with Crippen molar-refractivity contribution in [3.05, 3.63) is 52.1 Å². The number of rotatable bonds is 4. The monoisotopic (exact) mass is 447 g/mol. The topological polar surface area (TPSA) is 72.5 Å². The van der Waals surface area contributed by atoms with E-state index in [1.54, 1.807) is 13.0 Å². The molecule has 0 unspecified atom stereocenters. The number of aryl methyl sites for hydroxylation is 1. The van der Waals surface area contributed by atoms with Gasteiger partial charge in [-0.3, -0.25) is 4.79 Å². The van der Waals surface area contributed by atoms with Crippen LogP contribution >= 0.6 is 0 Å². The second-order valence-electron chi connectivity index (χ2n) is 8.08. The zero-order chi connectivity index (χ0) is 23.0. The van der Waals surface area contributed by atoms with Gasteiger partial charge in [-0.2, -0.15) is 13.2 Å². The average molecular weight is 447 g/mol. The lowest BCUT2D eigenvalue weighted by atomic mass is 10.00. The summed E-state index contributed by atoms with van der Waals surface area (Å²) in [6.07, 6.45) is -0.640. The first kappa shape index (κ1) is 22.0. The van der Waals surface area contributed by atoms with Crippen molar-refractivity contribution in [1.29, 1.82) is 0 Å². The van der Waals surface area contributed by atoms with Gasteiger partial charge >= 0.3 is 11.9 Å². The van der Waals surface area contributed by atoms with Crippen molar-refractivity contribution in [3.8, 4) is 11.4 Å². The first-order valence-electron chi connectivity index (χ1n) is 10.6. The Morgan fingerprint density at radius 2 is 1.91 bits per heavy atom. The van der Waals surface area contributed by atoms with Crippen LogP contribution in [0.3, 0.4) is 0 Å². The quantitative estimate of drug-likeness (QED) is 0.612. The fourth-order valence-electron chi connectivity index (χ4n) is 4.23. The highest BCUT2D eigenvalue weighted by atomic mass is 19.4. The minimum atomic E-state index is -4.46. The Morgan fingerprint density at radius 3 is 2.56 bits per heavy atom. The zero-order valence-corrected chi connectivity index (χ0v) is 17.9. The molecule has 0 spiro atoms. The van der Waals surface area contributed by atoms with Gasteiger partial charge in [0, 0.05) is 29.9 Å². The Bertz CT molecular complexity index is 1200. The standard InChI is InChI=1S/C22H24F3N5O2/c1-3-17-6-4-5-11-28(17)19(31)13-29-21(32)30-18(27-29)12-14(2)26-20(30)15-7-9-16(10-8-15)22(23,24)25/h7-10,12,17H,3-6,11,13H2,1-2H3/t17-/m1/s1. The third-order valence-electron chi connectivity index (χ3n) is 5.87. The molecular weight excluding hydrogens is 423 g/mol. The van der Waals surface area contributed by atoms with E-state index in [0.717, 1.165) is 42.5 Å². The van der Waals surface area contributed by atoms with Crippen molar-refractivity contribution in [1.82, 2.24) is 24.1 Å². The zero-order valence-electron chi connectivity index (χ0n) is 17.9. The molecule has 0 radical (unpaired) electrons. The predicted octanol–water partition coefficient (Wildman–Crippen LogP) is 3.68. The number of fused-ring (bicyclic) bond motifs is 1. The molecule has 1 fully saturated rings. The molecule has 1 aliphatic heterocycles. The van der Waals surface area contributed by atoms with Crippen LogP contribution in [0, 0.1) is 6.92 Å². The van der Waals surface area contributed by atoms with E-state index in [0.29, 0.717) is 17.8 Å². The van der Waals surface area contributed by atoms with Crippen molar-refractivity contribution in [2.75, 3.05) is 6.54 Å². The molecule has 170 valence electrons. The summed E-state index contributed by atoms with van der Waals surface area (Å²) in [5.74, 6) is 0.0182. The number of nitrogens with zero attached hydrogens (tertiary/aromatic N) is 5. The van der Waals surface area contributed by atoms with E-state index in [-0.39, 0.29) is 30.0 Å². The lowest BCUT2D eigenvalue weighted by Crippen LogP contribution is -2.45. The lowest BCUT2D eigenvalue weighted by Gasteiger charge is -2.35. The lowest BCUT2D eigenvalue weighted by molar-refractivity contribution is -0.137. The van der Waals surface area contributed by atoms with E-state index in [2.05, 4.69) is 10.1 Å². The second-order valence-corrected chi connectivity index (χ2v) is 8.08. The summed E-state index contributed by atoms with van der Waals surface area (Å²) in [5, 5.41) is 4.30. The highest BCUT2D eigenvalue weighted by molar-refractivity contribution is 5.76. The van der Waals surface area contributed by atoms with Crippen LogP contribution in [-0.4, -0.2) is 42.6 Å². The summed E-state index contributed by atoms with van der Waals surface area (Å²) in [5.41, 5.74) is -0.151. The molecule has 1 aromatic carbocycles. The first-order valence-corrected chi connectivity index (χ1v) is 10.6. The van der Waals surface area contributed by atoms with Crippen LogP contribution in [0.2, 0.25) is 0 Å². The third-order valence-corrected chi connectivity index (χ3v) is 5.87. The molecule has 0 aliphatic carbocycles. The minimum absolute atomic E-state index is 0.163. The van der Waals surface area contributed by atoms with Crippen LogP contribution < -0.4 is 5.69 Å². The summed E-state index contributed by atoms with van der Waals surface area (Å²) in [6.45, 7) is 4.22. The van der Waals surface area contributed by atoms with Crippen molar-refractivity contribution in [3.63, 3.8) is 0 Å². The summed E-state index contributed by atoms with van der Waals surface area (Å²) in [4.78, 5) is 32.2. The number of halogens is 3. The molecule has 2 aromatic heterocycles. The molecule has 0 N–H and O–H groups in total. The van der Waals surface area contributed by atoms with Gasteiger partial charge in [-0.05, 0) is 44.7 Å². The molecule has 10 heteroatoms. The van der Waals surface area contributed by atoms with Crippen molar-refractivity contribution >= 4 is 11.6 Å². The first-order chi connectivity index (χ1) is 15.2. The number of hydrogen-bond acceptors (Lipinski definition) is 4. The summed E-state index contributed by atoms with van der Waals surface area (Å²) in [7, 11) is 0. The van der Waals surface area contributed by atoms with Gasteiger partial charge in [0.1, 0.15) is 12.4 Å². The number of alkyl halides is 3. The van der Waals surface area contributed by atoms with E-state index < -0.39 is 17.4 Å². The molecule has 1 atom stereocenters. The van der Waals surface area contributed by atoms with E-state index in [9.17, 15) is 22.8 Å². The number of carbonyl (C=O) groups excluding carboxylic acids is 1. The molecule has 0 bridgehead atoms. The van der Waals surface area contributed by atoms with E-state index in [1.807, 2.05) is 11.8 Å². The van der Waals surface area contributed by atoms with Gasteiger partial charge in [-0.1, -0.05) is 19.1 Å². The van der Waals surface area contributed by atoms with E-state index in [1.165, 1.54) is 16.5 Å². The number of benzene rings is 1. The number of amides is 1. The maximum atomic E-state index is 13.1. The molecular formula is C22H24F3N5O2. The van der Waals surface area contributed by atoms with Crippen molar-refractivity contribution in [2.45, 2.75) is 58.3 Å². The Balaban J connectivity index is 1.71. The predicted molar refractivity (Wildman–Crippen MR) is 112 cm³/mol. The van der Waals surface area contributed by atoms with Gasteiger partial charge < -0.3 is 4.90 Å². The van der Waals surface area contributed by atoms with Gasteiger partial charge in [0.05, 0.1) is 5.56 Å². The molecule has 1 saturated heterocycles. The Morgan fingerprint density at radius 1 is 1.19 bits per heavy atom. The number of likely N-dealkylation sites (tertiary alicyclic amines) is 1. The molecule has 1 amide bonds. The molecule has 7 nitrogen and oxygen atoms in total. The number of aromatic nitrogens is 4. The van der Waals surface area contributed by atoms with Gasteiger partial charge in [-0.25, -0.2) is 18.9 Å². The molecule has 32 heavy (non-hydrogen) atoms. The largest absolute Gasteiger partial charge is 0.416 e. The number of carbonyl (C=O) groups is 1. The average Bonchev–Trinajstić information content (AvgIpc) is 3.07. The van der Waals surface area contributed by atoms with Crippen LogP contribution in [0.4, 0.5) is 13.2 Å². The molecule has 0 saturated carbocycles. The highest BCUT2D eigenvalue weighted by Crippen LogP contribution is 2.30. The Hall–Kier alpha value is -3.17. The van der Waals surface area contributed by atoms with Crippen LogP contribution in [0.1, 0.15) is 43.9 Å². The maximum Gasteiger partial charge on any atom is 0.416 e. The van der Waals surface area contributed by atoms with Gasteiger partial charge in [-0.15, -0.1) is 5.10 Å². The summed E-state index contributed by atoms with van der Waals surface area (Å²) < 4.78 is 41.1.